The predicted molar refractivity (Wildman–Crippen MR) is 69.2 cm³/mol. The maximum Gasteiger partial charge on any atom is 0.211 e. The molecule has 6 heteroatoms. The maximum atomic E-state index is 11.2. The molecule has 0 aliphatic heterocycles. The van der Waals surface area contributed by atoms with Gasteiger partial charge in [-0.1, -0.05) is 17.7 Å². The van der Waals surface area contributed by atoms with Crippen molar-refractivity contribution in [3.63, 3.8) is 0 Å². The van der Waals surface area contributed by atoms with Gasteiger partial charge in [0.15, 0.2) is 0 Å². The second-order valence-corrected chi connectivity index (χ2v) is 6.01. The first-order valence-electron chi connectivity index (χ1n) is 5.28. The molecule has 0 aliphatic rings. The Morgan fingerprint density at radius 2 is 2.12 bits per heavy atom. The van der Waals surface area contributed by atoms with Crippen LogP contribution in [0.4, 0.5) is 0 Å². The van der Waals surface area contributed by atoms with Crippen molar-refractivity contribution in [1.29, 1.82) is 0 Å². The van der Waals surface area contributed by atoms with Crippen LogP contribution in [0.25, 0.3) is 0 Å². The summed E-state index contributed by atoms with van der Waals surface area (Å²) in [5, 5.41) is 0.583. The van der Waals surface area contributed by atoms with Gasteiger partial charge in [0.25, 0.3) is 0 Å². The number of methoxy groups -OCH3 is 1. The summed E-state index contributed by atoms with van der Waals surface area (Å²) in [6.07, 6.45) is 0.558. The normalized spacial score (nSPS) is 11.5. The molecule has 0 radical (unpaired) electrons. The molecule has 0 saturated carbocycles. The highest BCUT2D eigenvalue weighted by molar-refractivity contribution is 7.89. The fraction of sp³-hybridized carbons (Fsp3) is 0.455. The van der Waals surface area contributed by atoms with E-state index in [9.17, 15) is 8.42 Å². The quantitative estimate of drug-likeness (QED) is 0.863. The van der Waals surface area contributed by atoms with Gasteiger partial charge in [0.05, 0.1) is 12.9 Å². The summed E-state index contributed by atoms with van der Waals surface area (Å²) in [7, 11) is -1.56. The van der Waals surface area contributed by atoms with Gasteiger partial charge >= 0.3 is 0 Å². The number of halogens is 1. The van der Waals surface area contributed by atoms with Crippen LogP contribution in [-0.4, -0.2) is 27.8 Å². The number of hydrogen-bond acceptors (Lipinski definition) is 3. The summed E-state index contributed by atoms with van der Waals surface area (Å²) in [4.78, 5) is 0. The summed E-state index contributed by atoms with van der Waals surface area (Å²) in [6, 6.07) is 5.35. The number of rotatable bonds is 6. The molecule has 0 bridgehead atoms. The number of nitrogens with one attached hydrogen (secondary N) is 1. The van der Waals surface area contributed by atoms with E-state index in [1.54, 1.807) is 26.2 Å². The van der Waals surface area contributed by atoms with E-state index in [4.69, 9.17) is 16.3 Å². The van der Waals surface area contributed by atoms with Crippen molar-refractivity contribution in [3.8, 4) is 5.75 Å². The molecular formula is C11H16ClNO3S. The number of hydrogen-bond donors (Lipinski definition) is 1. The highest BCUT2D eigenvalue weighted by Gasteiger charge is 2.07. The van der Waals surface area contributed by atoms with Crippen LogP contribution in [0.2, 0.25) is 5.02 Å². The van der Waals surface area contributed by atoms with Gasteiger partial charge in [-0.25, -0.2) is 13.1 Å². The van der Waals surface area contributed by atoms with Gasteiger partial charge in [0, 0.05) is 11.6 Å². The number of ether oxygens (including phenoxy) is 1. The summed E-state index contributed by atoms with van der Waals surface area (Å²) in [6.45, 7) is 1.95. The predicted octanol–water partition coefficient (Wildman–Crippen LogP) is 1.83. The Morgan fingerprint density at radius 3 is 2.65 bits per heavy atom. The molecule has 0 aromatic heterocycles. The number of sulfonamides is 1. The van der Waals surface area contributed by atoms with Crippen LogP contribution in [0.1, 0.15) is 12.5 Å². The standard InChI is InChI=1S/C11H16ClNO3S/c1-3-17(14,15)13-7-6-9-4-5-10(16-2)8-11(9)12/h4-5,8,13H,3,6-7H2,1-2H3. The summed E-state index contributed by atoms with van der Waals surface area (Å²) in [5.41, 5.74) is 0.895. The molecule has 96 valence electrons. The minimum atomic E-state index is -3.13. The lowest BCUT2D eigenvalue weighted by molar-refractivity contribution is 0.414. The van der Waals surface area contributed by atoms with E-state index < -0.39 is 10.0 Å². The zero-order valence-electron chi connectivity index (χ0n) is 9.86. The van der Waals surface area contributed by atoms with Gasteiger partial charge in [-0.3, -0.25) is 0 Å². The minimum absolute atomic E-state index is 0.0867. The van der Waals surface area contributed by atoms with E-state index in [0.717, 1.165) is 5.56 Å². The number of benzene rings is 1. The molecule has 4 nitrogen and oxygen atoms in total. The largest absolute Gasteiger partial charge is 0.497 e. The Labute approximate surface area is 107 Å². The van der Waals surface area contributed by atoms with Crippen LogP contribution in [0.15, 0.2) is 18.2 Å². The van der Waals surface area contributed by atoms with Crippen LogP contribution in [0.5, 0.6) is 5.75 Å². The third-order valence-corrected chi connectivity index (χ3v) is 4.11. The Bertz CT molecular complexity index is 474. The molecule has 1 rings (SSSR count). The van der Waals surface area contributed by atoms with Gasteiger partial charge < -0.3 is 4.74 Å². The fourth-order valence-corrected chi connectivity index (χ4v) is 2.18. The third kappa shape index (κ3) is 4.53. The summed E-state index contributed by atoms with van der Waals surface area (Å²) < 4.78 is 29.9. The smallest absolute Gasteiger partial charge is 0.211 e. The molecule has 0 amide bonds. The average Bonchev–Trinajstić information content (AvgIpc) is 2.31. The Balaban J connectivity index is 2.58. The summed E-state index contributed by atoms with van der Waals surface area (Å²) in [5.74, 6) is 0.775. The van der Waals surface area contributed by atoms with Crippen LogP contribution in [0, 0.1) is 0 Å². The molecule has 0 heterocycles. The first-order chi connectivity index (χ1) is 7.98. The lowest BCUT2D eigenvalue weighted by Gasteiger charge is -2.07. The van der Waals surface area contributed by atoms with E-state index in [-0.39, 0.29) is 5.75 Å². The second-order valence-electron chi connectivity index (χ2n) is 3.51. The minimum Gasteiger partial charge on any atom is -0.497 e. The Morgan fingerprint density at radius 1 is 1.41 bits per heavy atom. The van der Waals surface area contributed by atoms with Gasteiger partial charge in [0.1, 0.15) is 5.75 Å². The van der Waals surface area contributed by atoms with Crippen molar-refractivity contribution in [2.24, 2.45) is 0 Å². The highest BCUT2D eigenvalue weighted by atomic mass is 35.5. The summed E-state index contributed by atoms with van der Waals surface area (Å²) >= 11 is 6.03. The van der Waals surface area contributed by atoms with E-state index in [0.29, 0.717) is 23.7 Å². The first kappa shape index (κ1) is 14.3. The van der Waals surface area contributed by atoms with E-state index in [1.165, 1.54) is 0 Å². The van der Waals surface area contributed by atoms with Crippen molar-refractivity contribution in [2.45, 2.75) is 13.3 Å². The molecule has 1 N–H and O–H groups in total. The first-order valence-corrected chi connectivity index (χ1v) is 7.31. The van der Waals surface area contributed by atoms with Crippen molar-refractivity contribution < 1.29 is 13.2 Å². The van der Waals surface area contributed by atoms with Gasteiger partial charge in [-0.2, -0.15) is 0 Å². The van der Waals surface area contributed by atoms with Crippen molar-refractivity contribution in [2.75, 3.05) is 19.4 Å². The molecule has 0 spiro atoms. The monoisotopic (exact) mass is 277 g/mol. The van der Waals surface area contributed by atoms with Gasteiger partial charge in [0.2, 0.25) is 10.0 Å². The molecule has 1 aromatic rings. The Hall–Kier alpha value is -0.780. The molecule has 1 aromatic carbocycles. The molecule has 0 saturated heterocycles. The molecule has 17 heavy (non-hydrogen) atoms. The van der Waals surface area contributed by atoms with Gasteiger partial charge in [-0.05, 0) is 31.0 Å². The molecule has 0 fully saturated rings. The zero-order chi connectivity index (χ0) is 12.9. The molecular weight excluding hydrogens is 262 g/mol. The van der Waals surface area contributed by atoms with Gasteiger partial charge in [-0.15, -0.1) is 0 Å². The van der Waals surface area contributed by atoms with E-state index in [1.807, 2.05) is 6.07 Å². The van der Waals surface area contributed by atoms with Crippen molar-refractivity contribution in [3.05, 3.63) is 28.8 Å². The molecule has 0 unspecified atom stereocenters. The van der Waals surface area contributed by atoms with Crippen molar-refractivity contribution >= 4 is 21.6 Å². The lowest BCUT2D eigenvalue weighted by Crippen LogP contribution is -2.27. The van der Waals surface area contributed by atoms with Crippen LogP contribution >= 0.6 is 11.6 Å². The van der Waals surface area contributed by atoms with E-state index >= 15 is 0 Å². The van der Waals surface area contributed by atoms with Crippen LogP contribution < -0.4 is 9.46 Å². The SMILES string of the molecule is CCS(=O)(=O)NCCc1ccc(OC)cc1Cl. The third-order valence-electron chi connectivity index (χ3n) is 2.36. The average molecular weight is 278 g/mol. The highest BCUT2D eigenvalue weighted by Crippen LogP contribution is 2.22. The van der Waals surface area contributed by atoms with Crippen LogP contribution in [-0.2, 0) is 16.4 Å². The molecule has 0 aliphatic carbocycles. The lowest BCUT2D eigenvalue weighted by atomic mass is 10.1. The van der Waals surface area contributed by atoms with Crippen LogP contribution in [0.3, 0.4) is 0 Å². The topological polar surface area (TPSA) is 55.4 Å². The maximum absolute atomic E-state index is 11.2. The second kappa shape index (κ2) is 6.23. The fourth-order valence-electron chi connectivity index (χ4n) is 1.30. The zero-order valence-corrected chi connectivity index (χ0v) is 11.4. The van der Waals surface area contributed by atoms with Crippen molar-refractivity contribution in [1.82, 2.24) is 4.72 Å². The Kier molecular flexibility index (Phi) is 5.24. The van der Waals surface area contributed by atoms with E-state index in [2.05, 4.69) is 4.72 Å². The molecule has 0 atom stereocenters.